The van der Waals surface area contributed by atoms with Crippen LogP contribution in [-0.2, 0) is 4.79 Å². The molecule has 1 amide bonds. The summed E-state index contributed by atoms with van der Waals surface area (Å²) < 4.78 is 0. The highest BCUT2D eigenvalue weighted by Crippen LogP contribution is 2.44. The van der Waals surface area contributed by atoms with E-state index in [0.717, 1.165) is 41.7 Å². The molecule has 35 heavy (non-hydrogen) atoms. The SMILES string of the molecule is O=C(/C=C/c1ccc(Cl)cc1)N1N=C2/C(=C/c3ccc(Cl)cc3)CCC[C@H]2[C@H]1c1ccc(Cl)cc1. The van der Waals surface area contributed by atoms with Gasteiger partial charge in [-0.2, -0.15) is 5.10 Å². The van der Waals surface area contributed by atoms with Gasteiger partial charge in [0.1, 0.15) is 0 Å². The van der Waals surface area contributed by atoms with Crippen LogP contribution in [0.15, 0.2) is 89.5 Å². The Morgan fingerprint density at radius 3 is 2.03 bits per heavy atom. The largest absolute Gasteiger partial charge is 0.268 e. The van der Waals surface area contributed by atoms with Crippen LogP contribution >= 0.6 is 34.8 Å². The molecule has 176 valence electrons. The van der Waals surface area contributed by atoms with Gasteiger partial charge in [-0.3, -0.25) is 4.79 Å². The summed E-state index contributed by atoms with van der Waals surface area (Å²) in [5.74, 6) is -0.0380. The Morgan fingerprint density at radius 2 is 1.40 bits per heavy atom. The van der Waals surface area contributed by atoms with Crippen molar-refractivity contribution in [3.8, 4) is 0 Å². The molecule has 5 rings (SSSR count). The summed E-state index contributed by atoms with van der Waals surface area (Å²) in [6, 6.07) is 22.7. The molecule has 0 spiro atoms. The zero-order valence-electron chi connectivity index (χ0n) is 18.9. The van der Waals surface area contributed by atoms with E-state index >= 15 is 0 Å². The molecular weight excluding hydrogens is 499 g/mol. The third-order valence-corrected chi connectivity index (χ3v) is 7.19. The Morgan fingerprint density at radius 1 is 0.829 bits per heavy atom. The summed E-state index contributed by atoms with van der Waals surface area (Å²) >= 11 is 18.2. The number of hydrazone groups is 1. The second-order valence-corrected chi connectivity index (χ2v) is 10.1. The zero-order chi connectivity index (χ0) is 24.4. The highest BCUT2D eigenvalue weighted by Gasteiger charge is 2.43. The average Bonchev–Trinajstić information content (AvgIpc) is 3.26. The fourth-order valence-corrected chi connectivity index (χ4v) is 5.13. The number of halogens is 3. The lowest BCUT2D eigenvalue weighted by atomic mass is 9.77. The van der Waals surface area contributed by atoms with Crippen molar-refractivity contribution in [2.75, 3.05) is 0 Å². The first-order valence-electron chi connectivity index (χ1n) is 11.6. The molecule has 3 aromatic carbocycles. The number of amides is 1. The lowest BCUT2D eigenvalue weighted by Crippen LogP contribution is -2.30. The monoisotopic (exact) mass is 520 g/mol. The van der Waals surface area contributed by atoms with Gasteiger partial charge in [0, 0.05) is 27.1 Å². The van der Waals surface area contributed by atoms with Crippen molar-refractivity contribution < 1.29 is 4.79 Å². The molecule has 0 radical (unpaired) electrons. The van der Waals surface area contributed by atoms with Crippen molar-refractivity contribution in [2.24, 2.45) is 11.0 Å². The first kappa shape index (κ1) is 23.9. The topological polar surface area (TPSA) is 32.7 Å². The van der Waals surface area contributed by atoms with Gasteiger partial charge < -0.3 is 0 Å². The normalized spacial score (nSPS) is 20.8. The Balaban J connectivity index is 1.50. The molecule has 0 aromatic heterocycles. The summed E-state index contributed by atoms with van der Waals surface area (Å²) in [6.07, 6.45) is 8.47. The van der Waals surface area contributed by atoms with E-state index in [1.807, 2.05) is 60.7 Å². The van der Waals surface area contributed by atoms with Crippen molar-refractivity contribution >= 4 is 58.6 Å². The zero-order valence-corrected chi connectivity index (χ0v) is 21.1. The Labute approximate surface area is 220 Å². The number of hydrogen-bond donors (Lipinski definition) is 0. The number of carbonyl (C=O) groups is 1. The van der Waals surface area contributed by atoms with Gasteiger partial charge in [-0.05, 0) is 90.1 Å². The standard InChI is InChI=1S/C29H23Cl3N2O/c30-23-11-4-19(5-12-23)8-17-27(35)34-29(21-9-15-25(32)16-10-21)26-3-1-2-22(28(26)33-34)18-20-6-13-24(31)14-7-20/h4-18,26,29H,1-3H2/b17-8+,22-18+/t26-,29-/m1/s1. The van der Waals surface area contributed by atoms with Crippen LogP contribution in [0.3, 0.4) is 0 Å². The van der Waals surface area contributed by atoms with E-state index in [0.29, 0.717) is 15.1 Å². The lowest BCUT2D eigenvalue weighted by molar-refractivity contribution is -0.128. The van der Waals surface area contributed by atoms with E-state index in [-0.39, 0.29) is 17.9 Å². The number of nitrogens with zero attached hydrogens (tertiary/aromatic N) is 2. The van der Waals surface area contributed by atoms with Crippen LogP contribution in [-0.4, -0.2) is 16.6 Å². The molecule has 1 heterocycles. The van der Waals surface area contributed by atoms with Gasteiger partial charge in [0.2, 0.25) is 0 Å². The summed E-state index contributed by atoms with van der Waals surface area (Å²) in [5.41, 5.74) is 5.15. The molecule has 1 aliphatic carbocycles. The van der Waals surface area contributed by atoms with Crippen molar-refractivity contribution in [3.05, 3.63) is 116 Å². The molecule has 3 aromatic rings. The predicted octanol–water partition coefficient (Wildman–Crippen LogP) is 8.48. The van der Waals surface area contributed by atoms with E-state index in [9.17, 15) is 4.79 Å². The van der Waals surface area contributed by atoms with Crippen LogP contribution in [0.25, 0.3) is 12.2 Å². The molecular formula is C29H23Cl3N2O. The Kier molecular flexibility index (Phi) is 7.10. The number of carbonyl (C=O) groups excluding carboxylic acids is 1. The minimum Gasteiger partial charge on any atom is -0.268 e. The maximum absolute atomic E-state index is 13.4. The van der Waals surface area contributed by atoms with Gasteiger partial charge in [-0.25, -0.2) is 5.01 Å². The fraction of sp³-hybridized carbons (Fsp3) is 0.172. The Bertz CT molecular complexity index is 1310. The van der Waals surface area contributed by atoms with Gasteiger partial charge in [0.15, 0.2) is 0 Å². The quantitative estimate of drug-likeness (QED) is 0.317. The number of hydrogen-bond acceptors (Lipinski definition) is 2. The Hall–Kier alpha value is -2.85. The smallest absolute Gasteiger partial charge is 0.267 e. The average molecular weight is 522 g/mol. The molecule has 0 unspecified atom stereocenters. The molecule has 3 nitrogen and oxygen atoms in total. The number of rotatable bonds is 4. The summed E-state index contributed by atoms with van der Waals surface area (Å²) in [7, 11) is 0. The predicted molar refractivity (Wildman–Crippen MR) is 146 cm³/mol. The highest BCUT2D eigenvalue weighted by atomic mass is 35.5. The van der Waals surface area contributed by atoms with Gasteiger partial charge in [-0.15, -0.1) is 0 Å². The molecule has 1 saturated carbocycles. The lowest BCUT2D eigenvalue weighted by Gasteiger charge is -2.29. The van der Waals surface area contributed by atoms with E-state index in [2.05, 4.69) is 6.08 Å². The first-order valence-corrected chi connectivity index (χ1v) is 12.7. The third kappa shape index (κ3) is 5.38. The number of allylic oxidation sites excluding steroid dienone is 1. The van der Waals surface area contributed by atoms with Crippen molar-refractivity contribution in [1.82, 2.24) is 5.01 Å². The number of benzene rings is 3. The van der Waals surface area contributed by atoms with Crippen molar-refractivity contribution in [2.45, 2.75) is 25.3 Å². The van der Waals surface area contributed by atoms with Crippen LogP contribution in [0.5, 0.6) is 0 Å². The van der Waals surface area contributed by atoms with Gasteiger partial charge in [0.05, 0.1) is 11.8 Å². The van der Waals surface area contributed by atoms with Gasteiger partial charge in [0.25, 0.3) is 5.91 Å². The summed E-state index contributed by atoms with van der Waals surface area (Å²) in [6.45, 7) is 0. The van der Waals surface area contributed by atoms with Crippen molar-refractivity contribution in [3.63, 3.8) is 0 Å². The molecule has 0 saturated heterocycles. The van der Waals surface area contributed by atoms with E-state index in [1.54, 1.807) is 29.3 Å². The number of fused-ring (bicyclic) bond motifs is 1. The third-order valence-electron chi connectivity index (χ3n) is 6.44. The van der Waals surface area contributed by atoms with Gasteiger partial charge in [-0.1, -0.05) is 71.2 Å². The molecule has 2 aliphatic rings. The molecule has 2 atom stereocenters. The van der Waals surface area contributed by atoms with Crippen LogP contribution in [0.4, 0.5) is 0 Å². The second kappa shape index (κ2) is 10.4. The molecule has 6 heteroatoms. The van der Waals surface area contributed by atoms with E-state index < -0.39 is 0 Å². The van der Waals surface area contributed by atoms with Crippen LogP contribution in [0.1, 0.15) is 42.0 Å². The van der Waals surface area contributed by atoms with E-state index in [4.69, 9.17) is 39.9 Å². The maximum Gasteiger partial charge on any atom is 0.267 e. The molecule has 1 aliphatic heterocycles. The fourth-order valence-electron chi connectivity index (χ4n) is 4.75. The van der Waals surface area contributed by atoms with E-state index in [1.165, 1.54) is 5.57 Å². The minimum atomic E-state index is -0.182. The molecule has 1 fully saturated rings. The highest BCUT2D eigenvalue weighted by molar-refractivity contribution is 6.31. The van der Waals surface area contributed by atoms with Crippen LogP contribution in [0.2, 0.25) is 15.1 Å². The summed E-state index contributed by atoms with van der Waals surface area (Å²) in [5, 5.41) is 8.58. The second-order valence-electron chi connectivity index (χ2n) is 8.77. The minimum absolute atomic E-state index is 0.122. The van der Waals surface area contributed by atoms with Crippen LogP contribution in [0, 0.1) is 5.92 Å². The first-order chi connectivity index (χ1) is 17.0. The molecule has 0 bridgehead atoms. The molecule has 0 N–H and O–H groups in total. The van der Waals surface area contributed by atoms with Crippen LogP contribution < -0.4 is 0 Å². The van der Waals surface area contributed by atoms with Crippen molar-refractivity contribution in [1.29, 1.82) is 0 Å². The summed E-state index contributed by atoms with van der Waals surface area (Å²) in [4.78, 5) is 13.4. The van der Waals surface area contributed by atoms with Gasteiger partial charge >= 0.3 is 0 Å². The maximum atomic E-state index is 13.4.